The molecule has 1 N–H and O–H groups in total. The summed E-state index contributed by atoms with van der Waals surface area (Å²) in [7, 11) is 0. The van der Waals surface area contributed by atoms with E-state index in [0.29, 0.717) is 0 Å². The number of carbonyl (C=O) groups is 1. The quantitative estimate of drug-likeness (QED) is 0.520. The van der Waals surface area contributed by atoms with Gasteiger partial charge in [0.2, 0.25) is 5.91 Å². The number of nitrogens with one attached hydrogen (secondary N) is 1. The van der Waals surface area contributed by atoms with E-state index in [-0.39, 0.29) is 18.0 Å². The van der Waals surface area contributed by atoms with Gasteiger partial charge in [-0.3, -0.25) is 9.69 Å². The minimum absolute atomic E-state index is 0.112. The van der Waals surface area contributed by atoms with Gasteiger partial charge in [0.05, 0.1) is 6.04 Å². The van der Waals surface area contributed by atoms with Gasteiger partial charge in [-0.1, -0.05) is 66.2 Å². The molecule has 3 aromatic carbocycles. The maximum absolute atomic E-state index is 13.3. The number of halogens is 1. The number of amides is 1. The number of hydrogen-bond acceptors (Lipinski definition) is 3. The number of rotatable bonds is 8. The molecule has 0 unspecified atom stereocenters. The van der Waals surface area contributed by atoms with Crippen molar-refractivity contribution >= 4 is 28.3 Å². The van der Waals surface area contributed by atoms with Crippen LogP contribution in [0.15, 0.2) is 66.7 Å². The summed E-state index contributed by atoms with van der Waals surface area (Å²) in [5, 5.41) is 7.02. The normalized spacial score (nSPS) is 18.8. The summed E-state index contributed by atoms with van der Waals surface area (Å²) in [4.78, 5) is 17.6. The lowest BCUT2D eigenvalue weighted by Gasteiger charge is -2.28. The molecule has 0 aliphatic carbocycles. The summed E-state index contributed by atoms with van der Waals surface area (Å²) in [6.07, 6.45) is 0.820. The summed E-state index contributed by atoms with van der Waals surface area (Å²) < 4.78 is 0. The molecule has 3 aromatic rings. The van der Waals surface area contributed by atoms with E-state index < -0.39 is 0 Å². The average molecular weight is 450 g/mol. The number of hydrogen-bond donors (Lipinski definition) is 1. The zero-order valence-electron chi connectivity index (χ0n) is 18.9. The van der Waals surface area contributed by atoms with Gasteiger partial charge >= 0.3 is 0 Å². The van der Waals surface area contributed by atoms with Gasteiger partial charge in [0.25, 0.3) is 0 Å². The van der Waals surface area contributed by atoms with Crippen molar-refractivity contribution in [2.45, 2.75) is 45.4 Å². The maximum atomic E-state index is 13.3. The second-order valence-electron chi connectivity index (χ2n) is 8.54. The van der Waals surface area contributed by atoms with Crippen molar-refractivity contribution < 1.29 is 4.79 Å². The standard InChI is InChI=1S/C27H32ClN3O/c1-3-30(4-2)27(32)26-16-24(19-31(26)18-20-9-7-13-23(28)15-20)29-17-22-12-8-11-21-10-5-6-14-25(21)22/h5-15,24,26,29H,3-4,16-19H2,1-2H3/t24-,26+/m1/s1. The zero-order chi connectivity index (χ0) is 22.5. The average Bonchev–Trinajstić information content (AvgIpc) is 3.21. The van der Waals surface area contributed by atoms with Crippen molar-refractivity contribution in [3.05, 3.63) is 82.9 Å². The Morgan fingerprint density at radius 3 is 2.59 bits per heavy atom. The molecule has 1 heterocycles. The monoisotopic (exact) mass is 449 g/mol. The van der Waals surface area contributed by atoms with Crippen LogP contribution >= 0.6 is 11.6 Å². The van der Waals surface area contributed by atoms with E-state index >= 15 is 0 Å². The Hall–Kier alpha value is -2.40. The highest BCUT2D eigenvalue weighted by atomic mass is 35.5. The first-order chi connectivity index (χ1) is 15.6. The molecule has 0 saturated carbocycles. The molecule has 5 heteroatoms. The molecule has 32 heavy (non-hydrogen) atoms. The highest BCUT2D eigenvalue weighted by molar-refractivity contribution is 6.30. The van der Waals surface area contributed by atoms with E-state index in [4.69, 9.17) is 11.6 Å². The number of carbonyl (C=O) groups excluding carboxylic acids is 1. The van der Waals surface area contributed by atoms with Crippen molar-refractivity contribution in [1.29, 1.82) is 0 Å². The van der Waals surface area contributed by atoms with Gasteiger partial charge in [0.1, 0.15) is 0 Å². The molecule has 0 radical (unpaired) electrons. The predicted molar refractivity (Wildman–Crippen MR) is 133 cm³/mol. The van der Waals surface area contributed by atoms with Crippen LogP contribution in [0, 0.1) is 0 Å². The Kier molecular flexibility index (Phi) is 7.46. The van der Waals surface area contributed by atoms with Crippen LogP contribution in [-0.4, -0.2) is 47.4 Å². The number of likely N-dealkylation sites (tertiary alicyclic amines) is 1. The van der Waals surface area contributed by atoms with Gasteiger partial charge in [0, 0.05) is 43.8 Å². The molecular formula is C27H32ClN3O. The fourth-order valence-electron chi connectivity index (χ4n) is 4.80. The summed E-state index contributed by atoms with van der Waals surface area (Å²) >= 11 is 6.21. The molecule has 1 fully saturated rings. The molecule has 1 aliphatic heterocycles. The maximum Gasteiger partial charge on any atom is 0.239 e. The molecule has 1 amide bonds. The second-order valence-corrected chi connectivity index (χ2v) is 8.97. The summed E-state index contributed by atoms with van der Waals surface area (Å²) in [6, 6.07) is 23.1. The van der Waals surface area contributed by atoms with Gasteiger partial charge in [-0.2, -0.15) is 0 Å². The molecule has 1 saturated heterocycles. The number of benzene rings is 3. The fraction of sp³-hybridized carbons (Fsp3) is 0.370. The molecule has 168 valence electrons. The minimum Gasteiger partial charge on any atom is -0.342 e. The summed E-state index contributed by atoms with van der Waals surface area (Å²) in [6.45, 7) is 7.94. The Morgan fingerprint density at radius 1 is 1.06 bits per heavy atom. The SMILES string of the molecule is CCN(CC)C(=O)[C@@H]1C[C@@H](NCc2cccc3ccccc23)CN1Cc1cccc(Cl)c1. The molecule has 0 spiro atoms. The van der Waals surface area contributed by atoms with Crippen molar-refractivity contribution in [2.24, 2.45) is 0 Å². The minimum atomic E-state index is -0.112. The van der Waals surface area contributed by atoms with E-state index in [1.54, 1.807) is 0 Å². The van der Waals surface area contributed by atoms with E-state index in [1.165, 1.54) is 16.3 Å². The molecular weight excluding hydrogens is 418 g/mol. The van der Waals surface area contributed by atoms with Crippen molar-refractivity contribution in [3.8, 4) is 0 Å². The summed E-state index contributed by atoms with van der Waals surface area (Å²) in [5.74, 6) is 0.228. The van der Waals surface area contributed by atoms with E-state index in [1.807, 2.05) is 36.9 Å². The number of fused-ring (bicyclic) bond motifs is 1. The van der Waals surface area contributed by atoms with Crippen molar-refractivity contribution in [3.63, 3.8) is 0 Å². The zero-order valence-corrected chi connectivity index (χ0v) is 19.7. The van der Waals surface area contributed by atoms with Crippen LogP contribution in [0.5, 0.6) is 0 Å². The number of likely N-dealkylation sites (N-methyl/N-ethyl adjacent to an activating group) is 1. The van der Waals surface area contributed by atoms with Gasteiger partial charge < -0.3 is 10.2 Å². The Bertz CT molecular complexity index is 1060. The van der Waals surface area contributed by atoms with Crippen molar-refractivity contribution in [2.75, 3.05) is 19.6 Å². The Labute approximate surface area is 196 Å². The first-order valence-electron chi connectivity index (χ1n) is 11.6. The molecule has 0 bridgehead atoms. The molecule has 2 atom stereocenters. The highest BCUT2D eigenvalue weighted by Crippen LogP contribution is 2.25. The van der Waals surface area contributed by atoms with Crippen LogP contribution in [0.25, 0.3) is 10.8 Å². The molecule has 0 aromatic heterocycles. The topological polar surface area (TPSA) is 35.6 Å². The van der Waals surface area contributed by atoms with Gasteiger partial charge in [-0.15, -0.1) is 0 Å². The lowest BCUT2D eigenvalue weighted by Crippen LogP contribution is -2.45. The van der Waals surface area contributed by atoms with E-state index in [9.17, 15) is 4.79 Å². The van der Waals surface area contributed by atoms with Crippen LogP contribution in [-0.2, 0) is 17.9 Å². The van der Waals surface area contributed by atoms with Crippen LogP contribution in [0.2, 0.25) is 5.02 Å². The fourth-order valence-corrected chi connectivity index (χ4v) is 5.01. The second kappa shape index (κ2) is 10.5. The third-order valence-corrected chi connectivity index (χ3v) is 6.73. The molecule has 4 nitrogen and oxygen atoms in total. The Morgan fingerprint density at radius 2 is 1.81 bits per heavy atom. The van der Waals surface area contributed by atoms with E-state index in [0.717, 1.165) is 49.7 Å². The smallest absolute Gasteiger partial charge is 0.239 e. The van der Waals surface area contributed by atoms with Crippen LogP contribution < -0.4 is 5.32 Å². The van der Waals surface area contributed by atoms with Crippen LogP contribution in [0.3, 0.4) is 0 Å². The van der Waals surface area contributed by atoms with Crippen LogP contribution in [0.4, 0.5) is 0 Å². The lowest BCUT2D eigenvalue weighted by atomic mass is 10.0. The first kappa shape index (κ1) is 22.8. The van der Waals surface area contributed by atoms with Gasteiger partial charge in [-0.25, -0.2) is 0 Å². The summed E-state index contributed by atoms with van der Waals surface area (Å²) in [5.41, 5.74) is 2.44. The van der Waals surface area contributed by atoms with Gasteiger partial charge in [-0.05, 0) is 54.3 Å². The predicted octanol–water partition coefficient (Wildman–Crippen LogP) is 5.09. The van der Waals surface area contributed by atoms with E-state index in [2.05, 4.69) is 58.7 Å². The first-order valence-corrected chi connectivity index (χ1v) is 11.9. The highest BCUT2D eigenvalue weighted by Gasteiger charge is 2.38. The van der Waals surface area contributed by atoms with Crippen LogP contribution in [0.1, 0.15) is 31.4 Å². The lowest BCUT2D eigenvalue weighted by molar-refractivity contribution is -0.135. The Balaban J connectivity index is 1.50. The van der Waals surface area contributed by atoms with Gasteiger partial charge in [0.15, 0.2) is 0 Å². The third-order valence-electron chi connectivity index (χ3n) is 6.50. The third kappa shape index (κ3) is 5.15. The molecule has 1 aliphatic rings. The number of nitrogens with zero attached hydrogens (tertiary/aromatic N) is 2. The largest absolute Gasteiger partial charge is 0.342 e. The van der Waals surface area contributed by atoms with Crippen molar-refractivity contribution in [1.82, 2.24) is 15.1 Å². The molecule has 4 rings (SSSR count).